The van der Waals surface area contributed by atoms with Gasteiger partial charge in [-0.05, 0) is 24.6 Å². The van der Waals surface area contributed by atoms with Gasteiger partial charge < -0.3 is 4.74 Å². The zero-order valence-corrected chi connectivity index (χ0v) is 8.67. The van der Waals surface area contributed by atoms with Gasteiger partial charge in [0.25, 0.3) is 0 Å². The van der Waals surface area contributed by atoms with Crippen molar-refractivity contribution in [2.24, 2.45) is 0 Å². The molecule has 0 unspecified atom stereocenters. The fourth-order valence-electron chi connectivity index (χ4n) is 1.20. The average molecular weight is 232 g/mol. The van der Waals surface area contributed by atoms with E-state index in [1.165, 1.54) is 24.3 Å². The van der Waals surface area contributed by atoms with Gasteiger partial charge in [0, 0.05) is 0 Å². The predicted octanol–water partition coefficient (Wildman–Crippen LogP) is 2.97. The summed E-state index contributed by atoms with van der Waals surface area (Å²) in [6.45, 7) is 1.90. The molecule has 1 rings (SSSR count). The number of benzene rings is 1. The van der Waals surface area contributed by atoms with E-state index in [9.17, 15) is 18.0 Å². The van der Waals surface area contributed by atoms with Crippen LogP contribution in [-0.2, 0) is 11.2 Å². The Labute approximate surface area is 91.0 Å². The van der Waals surface area contributed by atoms with Crippen molar-refractivity contribution in [1.29, 1.82) is 0 Å². The number of rotatable bonds is 3. The van der Waals surface area contributed by atoms with Crippen molar-refractivity contribution in [3.05, 3.63) is 35.4 Å². The SMILES string of the molecule is CCOC(=O)c1ccc(CC(F)(F)F)cc1. The first-order chi connectivity index (χ1) is 7.42. The van der Waals surface area contributed by atoms with Crippen LogP contribution < -0.4 is 0 Å². The van der Waals surface area contributed by atoms with E-state index in [4.69, 9.17) is 4.74 Å². The molecule has 0 saturated carbocycles. The van der Waals surface area contributed by atoms with Crippen LogP contribution in [0.3, 0.4) is 0 Å². The van der Waals surface area contributed by atoms with Gasteiger partial charge >= 0.3 is 12.1 Å². The van der Waals surface area contributed by atoms with Gasteiger partial charge in [-0.3, -0.25) is 0 Å². The zero-order valence-electron chi connectivity index (χ0n) is 8.67. The number of halogens is 3. The van der Waals surface area contributed by atoms with Crippen molar-refractivity contribution < 1.29 is 22.7 Å². The van der Waals surface area contributed by atoms with Gasteiger partial charge in [0.2, 0.25) is 0 Å². The maximum Gasteiger partial charge on any atom is 0.393 e. The third kappa shape index (κ3) is 3.92. The van der Waals surface area contributed by atoms with E-state index in [1.807, 2.05) is 0 Å². The molecule has 5 heteroatoms. The van der Waals surface area contributed by atoms with E-state index in [1.54, 1.807) is 6.92 Å². The van der Waals surface area contributed by atoms with Crippen LogP contribution in [0.2, 0.25) is 0 Å². The van der Waals surface area contributed by atoms with Crippen LogP contribution in [0.25, 0.3) is 0 Å². The normalized spacial score (nSPS) is 11.2. The maximum absolute atomic E-state index is 12.0. The molecular formula is C11H11F3O2. The largest absolute Gasteiger partial charge is 0.462 e. The molecule has 0 aliphatic carbocycles. The van der Waals surface area contributed by atoms with Crippen LogP contribution in [-0.4, -0.2) is 18.8 Å². The summed E-state index contributed by atoms with van der Waals surface area (Å²) < 4.78 is 40.8. The number of esters is 1. The summed E-state index contributed by atoms with van der Waals surface area (Å²) in [5.41, 5.74) is 0.383. The van der Waals surface area contributed by atoms with Crippen molar-refractivity contribution >= 4 is 5.97 Å². The summed E-state index contributed by atoms with van der Waals surface area (Å²) in [6, 6.07) is 5.22. The van der Waals surface area contributed by atoms with Crippen molar-refractivity contribution in [3.63, 3.8) is 0 Å². The molecule has 0 bridgehead atoms. The number of alkyl halides is 3. The minimum absolute atomic E-state index is 0.126. The van der Waals surface area contributed by atoms with Crippen LogP contribution in [0.15, 0.2) is 24.3 Å². The summed E-state index contributed by atoms with van der Waals surface area (Å²) in [7, 11) is 0. The zero-order chi connectivity index (χ0) is 12.2. The average Bonchev–Trinajstić information content (AvgIpc) is 2.16. The Hall–Kier alpha value is -1.52. The molecular weight excluding hydrogens is 221 g/mol. The van der Waals surface area contributed by atoms with E-state index < -0.39 is 18.6 Å². The second-order valence-electron chi connectivity index (χ2n) is 3.21. The Morgan fingerprint density at radius 3 is 2.25 bits per heavy atom. The molecule has 0 aliphatic heterocycles. The number of carbonyl (C=O) groups is 1. The van der Waals surface area contributed by atoms with Gasteiger partial charge in [-0.2, -0.15) is 13.2 Å². The van der Waals surface area contributed by atoms with Crippen molar-refractivity contribution in [1.82, 2.24) is 0 Å². The van der Waals surface area contributed by atoms with Crippen LogP contribution in [0, 0.1) is 0 Å². The lowest BCUT2D eigenvalue weighted by Gasteiger charge is -2.06. The van der Waals surface area contributed by atoms with E-state index in [2.05, 4.69) is 0 Å². The Bertz CT molecular complexity index is 354. The molecule has 1 aromatic rings. The van der Waals surface area contributed by atoms with E-state index in [-0.39, 0.29) is 17.7 Å². The molecule has 0 amide bonds. The monoisotopic (exact) mass is 232 g/mol. The van der Waals surface area contributed by atoms with Gasteiger partial charge in [0.15, 0.2) is 0 Å². The second-order valence-corrected chi connectivity index (χ2v) is 3.21. The van der Waals surface area contributed by atoms with Gasteiger partial charge in [0.1, 0.15) is 0 Å². The summed E-state index contributed by atoms with van der Waals surface area (Å²) in [4.78, 5) is 11.2. The fraction of sp³-hybridized carbons (Fsp3) is 0.364. The first kappa shape index (κ1) is 12.5. The molecule has 0 fully saturated rings. The Morgan fingerprint density at radius 2 is 1.81 bits per heavy atom. The minimum atomic E-state index is -4.23. The van der Waals surface area contributed by atoms with Gasteiger partial charge in [-0.15, -0.1) is 0 Å². The van der Waals surface area contributed by atoms with Crippen LogP contribution >= 0.6 is 0 Å². The Morgan fingerprint density at radius 1 is 1.25 bits per heavy atom. The highest BCUT2D eigenvalue weighted by Crippen LogP contribution is 2.21. The van der Waals surface area contributed by atoms with Gasteiger partial charge in [-0.1, -0.05) is 12.1 Å². The fourth-order valence-corrected chi connectivity index (χ4v) is 1.20. The Balaban J connectivity index is 2.72. The third-order valence-electron chi connectivity index (χ3n) is 1.87. The highest BCUT2D eigenvalue weighted by atomic mass is 19.4. The number of carbonyl (C=O) groups excluding carboxylic acids is 1. The Kier molecular flexibility index (Phi) is 3.93. The van der Waals surface area contributed by atoms with Crippen LogP contribution in [0.4, 0.5) is 13.2 Å². The van der Waals surface area contributed by atoms with E-state index in [0.29, 0.717) is 0 Å². The maximum atomic E-state index is 12.0. The van der Waals surface area contributed by atoms with Crippen molar-refractivity contribution in [2.75, 3.05) is 6.61 Å². The van der Waals surface area contributed by atoms with Crippen LogP contribution in [0.1, 0.15) is 22.8 Å². The summed E-state index contributed by atoms with van der Waals surface area (Å²) in [5.74, 6) is -0.527. The molecule has 1 aromatic carbocycles. The first-order valence-electron chi connectivity index (χ1n) is 4.75. The molecule has 0 atom stereocenters. The predicted molar refractivity (Wildman–Crippen MR) is 52.2 cm³/mol. The number of hydrogen-bond donors (Lipinski definition) is 0. The molecule has 0 spiro atoms. The standard InChI is InChI=1S/C11H11F3O2/c1-2-16-10(15)9-5-3-8(4-6-9)7-11(12,13)14/h3-6H,2,7H2,1H3. The highest BCUT2D eigenvalue weighted by Gasteiger charge is 2.27. The number of hydrogen-bond acceptors (Lipinski definition) is 2. The number of ether oxygens (including phenoxy) is 1. The first-order valence-corrected chi connectivity index (χ1v) is 4.75. The molecule has 16 heavy (non-hydrogen) atoms. The van der Waals surface area contributed by atoms with Gasteiger partial charge in [-0.25, -0.2) is 4.79 Å². The highest BCUT2D eigenvalue weighted by molar-refractivity contribution is 5.89. The summed E-state index contributed by atoms with van der Waals surface area (Å²) in [6.07, 6.45) is -5.22. The van der Waals surface area contributed by atoms with Crippen molar-refractivity contribution in [2.45, 2.75) is 19.5 Å². The molecule has 0 aromatic heterocycles. The molecule has 0 saturated heterocycles. The van der Waals surface area contributed by atoms with Crippen molar-refractivity contribution in [3.8, 4) is 0 Å². The van der Waals surface area contributed by atoms with Crippen LogP contribution in [0.5, 0.6) is 0 Å². The molecule has 2 nitrogen and oxygen atoms in total. The molecule has 0 radical (unpaired) electrons. The quantitative estimate of drug-likeness (QED) is 0.749. The van der Waals surface area contributed by atoms with E-state index in [0.717, 1.165) is 0 Å². The molecule has 88 valence electrons. The second kappa shape index (κ2) is 5.01. The third-order valence-corrected chi connectivity index (χ3v) is 1.87. The van der Waals surface area contributed by atoms with Gasteiger partial charge in [0.05, 0.1) is 18.6 Å². The molecule has 0 aliphatic rings. The summed E-state index contributed by atoms with van der Waals surface area (Å²) in [5, 5.41) is 0. The smallest absolute Gasteiger partial charge is 0.393 e. The molecule has 0 N–H and O–H groups in total. The van der Waals surface area contributed by atoms with E-state index >= 15 is 0 Å². The summed E-state index contributed by atoms with van der Waals surface area (Å²) >= 11 is 0. The topological polar surface area (TPSA) is 26.3 Å². The lowest BCUT2D eigenvalue weighted by Crippen LogP contribution is -2.11. The minimum Gasteiger partial charge on any atom is -0.462 e. The lowest BCUT2D eigenvalue weighted by atomic mass is 10.1. The lowest BCUT2D eigenvalue weighted by molar-refractivity contribution is -0.127. The molecule has 0 heterocycles.